The van der Waals surface area contributed by atoms with Gasteiger partial charge in [-0.15, -0.1) is 0 Å². The summed E-state index contributed by atoms with van der Waals surface area (Å²) in [5.74, 6) is 0. The average Bonchev–Trinajstić information content (AvgIpc) is 1.66. The summed E-state index contributed by atoms with van der Waals surface area (Å²) < 4.78 is 0. The molecule has 0 aliphatic heterocycles. The molecule has 0 N–H and O–H groups in total. The van der Waals surface area contributed by atoms with Gasteiger partial charge in [-0.25, -0.2) is 0 Å². The Morgan fingerprint density at radius 2 is 2.00 bits per heavy atom. The molecule has 0 rings (SSSR count). The van der Waals surface area contributed by atoms with E-state index in [-0.39, 0.29) is 0 Å². The van der Waals surface area contributed by atoms with Gasteiger partial charge in [-0.1, -0.05) is 19.4 Å². The second kappa shape index (κ2) is 4.69. The van der Waals surface area contributed by atoms with Crippen molar-refractivity contribution in [1.82, 2.24) is 4.90 Å². The van der Waals surface area contributed by atoms with Crippen molar-refractivity contribution in [3.8, 4) is 0 Å². The highest BCUT2D eigenvalue weighted by molar-refractivity contribution is 4.77. The summed E-state index contributed by atoms with van der Waals surface area (Å²) in [4.78, 5) is 2.05. The lowest BCUT2D eigenvalue weighted by atomic mass is 10.3. The van der Waals surface area contributed by atoms with Gasteiger partial charge in [0.25, 0.3) is 0 Å². The summed E-state index contributed by atoms with van der Waals surface area (Å²) in [6.07, 6.45) is 6.70. The van der Waals surface area contributed by atoms with Gasteiger partial charge < -0.3 is 4.90 Å². The molecule has 0 aliphatic carbocycles. The molecule has 0 unspecified atom stereocenters. The van der Waals surface area contributed by atoms with E-state index in [1.807, 2.05) is 14.1 Å². The van der Waals surface area contributed by atoms with Crippen LogP contribution in [0.15, 0.2) is 12.3 Å². The second-order valence-corrected chi connectivity index (χ2v) is 2.14. The number of hydrogen-bond acceptors (Lipinski definition) is 1. The van der Waals surface area contributed by atoms with Gasteiger partial charge in [0, 0.05) is 14.1 Å². The van der Waals surface area contributed by atoms with Crippen LogP contribution in [0.5, 0.6) is 0 Å². The Hall–Kier alpha value is -0.460. The van der Waals surface area contributed by atoms with Crippen molar-refractivity contribution in [2.24, 2.45) is 0 Å². The Morgan fingerprint density at radius 1 is 1.38 bits per heavy atom. The third-order valence-electron chi connectivity index (χ3n) is 0.859. The van der Waals surface area contributed by atoms with Crippen LogP contribution in [0.3, 0.4) is 0 Å². The van der Waals surface area contributed by atoms with Crippen molar-refractivity contribution in [2.75, 3.05) is 14.1 Å². The third-order valence-corrected chi connectivity index (χ3v) is 0.859. The van der Waals surface area contributed by atoms with E-state index in [2.05, 4.69) is 24.1 Å². The zero-order chi connectivity index (χ0) is 6.41. The maximum Gasteiger partial charge on any atom is 0.00555 e. The minimum atomic E-state index is 1.19. The van der Waals surface area contributed by atoms with Crippen molar-refractivity contribution in [3.05, 3.63) is 12.3 Å². The smallest absolute Gasteiger partial charge is 0.00555 e. The van der Waals surface area contributed by atoms with Crippen molar-refractivity contribution < 1.29 is 0 Å². The molecule has 8 heavy (non-hydrogen) atoms. The van der Waals surface area contributed by atoms with Crippen LogP contribution in [-0.2, 0) is 0 Å². The molecule has 0 fully saturated rings. The molecule has 0 saturated carbocycles. The van der Waals surface area contributed by atoms with Gasteiger partial charge in [-0.3, -0.25) is 0 Å². The normalized spacial score (nSPS) is 10.4. The van der Waals surface area contributed by atoms with Crippen molar-refractivity contribution in [2.45, 2.75) is 19.8 Å². The van der Waals surface area contributed by atoms with Gasteiger partial charge in [0.05, 0.1) is 0 Å². The Morgan fingerprint density at radius 3 is 2.38 bits per heavy atom. The second-order valence-electron chi connectivity index (χ2n) is 2.14. The minimum Gasteiger partial charge on any atom is -0.384 e. The molecule has 48 valence electrons. The SMILES string of the molecule is CCCC=CN(C)C. The van der Waals surface area contributed by atoms with Crippen LogP contribution in [0.25, 0.3) is 0 Å². The van der Waals surface area contributed by atoms with E-state index in [0.29, 0.717) is 0 Å². The summed E-state index contributed by atoms with van der Waals surface area (Å²) in [5.41, 5.74) is 0. The molecular formula is C7H15N. The van der Waals surface area contributed by atoms with Gasteiger partial charge in [0.15, 0.2) is 0 Å². The van der Waals surface area contributed by atoms with Gasteiger partial charge >= 0.3 is 0 Å². The number of unbranched alkanes of at least 4 members (excludes halogenated alkanes) is 1. The lowest BCUT2D eigenvalue weighted by Gasteiger charge is -2.01. The van der Waals surface area contributed by atoms with Crippen LogP contribution >= 0.6 is 0 Å². The molecule has 0 amide bonds. The van der Waals surface area contributed by atoms with E-state index in [4.69, 9.17) is 0 Å². The Kier molecular flexibility index (Phi) is 4.42. The first-order valence-electron chi connectivity index (χ1n) is 3.10. The zero-order valence-electron chi connectivity index (χ0n) is 6.02. The molecule has 0 heterocycles. The number of hydrogen-bond donors (Lipinski definition) is 0. The molecule has 1 heteroatoms. The summed E-state index contributed by atoms with van der Waals surface area (Å²) in [6, 6.07) is 0. The highest BCUT2D eigenvalue weighted by atomic mass is 15.0. The fraction of sp³-hybridized carbons (Fsp3) is 0.714. The highest BCUT2D eigenvalue weighted by Gasteiger charge is 1.73. The molecule has 1 nitrogen and oxygen atoms in total. The molecule has 0 aromatic heterocycles. The van der Waals surface area contributed by atoms with E-state index < -0.39 is 0 Å². The predicted octanol–water partition coefficient (Wildman–Crippen LogP) is 1.86. The van der Waals surface area contributed by atoms with Gasteiger partial charge in [0.1, 0.15) is 0 Å². The van der Waals surface area contributed by atoms with Crippen LogP contribution < -0.4 is 0 Å². The summed E-state index contributed by atoms with van der Waals surface area (Å²) >= 11 is 0. The first-order chi connectivity index (χ1) is 3.77. The van der Waals surface area contributed by atoms with Gasteiger partial charge in [-0.05, 0) is 12.6 Å². The van der Waals surface area contributed by atoms with E-state index >= 15 is 0 Å². The fourth-order valence-electron chi connectivity index (χ4n) is 0.452. The maximum absolute atomic E-state index is 2.18. The predicted molar refractivity (Wildman–Crippen MR) is 37.7 cm³/mol. The minimum absolute atomic E-state index is 1.19. The molecule has 0 atom stereocenters. The van der Waals surface area contributed by atoms with Crippen LogP contribution in [0.4, 0.5) is 0 Å². The molecule has 0 spiro atoms. The number of allylic oxidation sites excluding steroid dienone is 1. The maximum atomic E-state index is 2.18. The molecule has 0 saturated heterocycles. The van der Waals surface area contributed by atoms with Crippen molar-refractivity contribution >= 4 is 0 Å². The molecular weight excluding hydrogens is 98.1 g/mol. The van der Waals surface area contributed by atoms with Crippen LogP contribution in [0, 0.1) is 0 Å². The van der Waals surface area contributed by atoms with Crippen molar-refractivity contribution in [3.63, 3.8) is 0 Å². The first kappa shape index (κ1) is 7.54. The van der Waals surface area contributed by atoms with Crippen LogP contribution in [0.1, 0.15) is 19.8 Å². The lowest BCUT2D eigenvalue weighted by molar-refractivity contribution is 0.560. The van der Waals surface area contributed by atoms with E-state index in [1.54, 1.807) is 0 Å². The summed E-state index contributed by atoms with van der Waals surface area (Å²) in [5, 5.41) is 0. The lowest BCUT2D eigenvalue weighted by Crippen LogP contribution is -1.99. The fourth-order valence-corrected chi connectivity index (χ4v) is 0.452. The molecule has 0 aliphatic rings. The largest absolute Gasteiger partial charge is 0.384 e. The topological polar surface area (TPSA) is 3.24 Å². The van der Waals surface area contributed by atoms with Crippen LogP contribution in [0.2, 0.25) is 0 Å². The zero-order valence-corrected chi connectivity index (χ0v) is 6.02. The van der Waals surface area contributed by atoms with Gasteiger partial charge in [-0.2, -0.15) is 0 Å². The van der Waals surface area contributed by atoms with E-state index in [1.165, 1.54) is 12.8 Å². The molecule has 0 aromatic carbocycles. The Bertz CT molecular complexity index is 64.8. The number of rotatable bonds is 3. The quantitative estimate of drug-likeness (QED) is 0.540. The third kappa shape index (κ3) is 5.54. The molecule has 0 aromatic rings. The Balaban J connectivity index is 3.07. The standard InChI is InChI=1S/C7H15N/c1-4-5-6-7-8(2)3/h6-7H,4-5H2,1-3H3. The Labute approximate surface area is 52.0 Å². The van der Waals surface area contributed by atoms with E-state index in [0.717, 1.165) is 0 Å². The van der Waals surface area contributed by atoms with Crippen LogP contribution in [-0.4, -0.2) is 19.0 Å². The van der Waals surface area contributed by atoms with Gasteiger partial charge in [0.2, 0.25) is 0 Å². The van der Waals surface area contributed by atoms with Crippen molar-refractivity contribution in [1.29, 1.82) is 0 Å². The average molecular weight is 113 g/mol. The number of nitrogens with zero attached hydrogens (tertiary/aromatic N) is 1. The summed E-state index contributed by atoms with van der Waals surface area (Å²) in [6.45, 7) is 2.18. The first-order valence-corrected chi connectivity index (χ1v) is 3.10. The van der Waals surface area contributed by atoms with E-state index in [9.17, 15) is 0 Å². The monoisotopic (exact) mass is 113 g/mol. The highest BCUT2D eigenvalue weighted by Crippen LogP contribution is 1.88. The summed E-state index contributed by atoms with van der Waals surface area (Å²) in [7, 11) is 4.07. The molecule has 0 radical (unpaired) electrons. The molecule has 0 bridgehead atoms.